The monoisotopic (exact) mass is 259 g/mol. The highest BCUT2D eigenvalue weighted by Gasteiger charge is 2.10. The molecular formula is C16H25N3. The molecular weight excluding hydrogens is 234 g/mol. The summed E-state index contributed by atoms with van der Waals surface area (Å²) in [5.74, 6) is 0. The van der Waals surface area contributed by atoms with Crippen LogP contribution >= 0.6 is 0 Å². The van der Waals surface area contributed by atoms with Crippen molar-refractivity contribution in [3.05, 3.63) is 29.8 Å². The Bertz CT molecular complexity index is 405. The van der Waals surface area contributed by atoms with Gasteiger partial charge in [-0.25, -0.2) is 0 Å². The maximum atomic E-state index is 8.75. The van der Waals surface area contributed by atoms with Crippen molar-refractivity contribution in [1.82, 2.24) is 5.32 Å². The highest BCUT2D eigenvalue weighted by atomic mass is 15.1. The van der Waals surface area contributed by atoms with Crippen LogP contribution in [-0.4, -0.2) is 19.6 Å². The van der Waals surface area contributed by atoms with Gasteiger partial charge in [-0.15, -0.1) is 0 Å². The van der Waals surface area contributed by atoms with Crippen LogP contribution in [-0.2, 0) is 0 Å². The smallest absolute Gasteiger partial charge is 0.0643 e. The first-order valence-electron chi connectivity index (χ1n) is 7.03. The van der Waals surface area contributed by atoms with Crippen LogP contribution in [0.5, 0.6) is 0 Å². The molecule has 1 aromatic rings. The number of rotatable bonds is 7. The van der Waals surface area contributed by atoms with E-state index < -0.39 is 0 Å². The van der Waals surface area contributed by atoms with Gasteiger partial charge in [-0.3, -0.25) is 0 Å². The van der Waals surface area contributed by atoms with Crippen molar-refractivity contribution in [2.24, 2.45) is 0 Å². The van der Waals surface area contributed by atoms with E-state index in [4.69, 9.17) is 5.26 Å². The van der Waals surface area contributed by atoms with Crippen LogP contribution < -0.4 is 10.2 Å². The first-order chi connectivity index (χ1) is 9.10. The second kappa shape index (κ2) is 7.81. The Labute approximate surface area is 117 Å². The van der Waals surface area contributed by atoms with E-state index in [1.54, 1.807) is 0 Å². The maximum absolute atomic E-state index is 8.75. The Morgan fingerprint density at radius 2 is 1.89 bits per heavy atom. The second-order valence-electron chi connectivity index (χ2n) is 5.09. The molecule has 0 saturated heterocycles. The molecule has 1 aromatic carbocycles. The lowest BCUT2D eigenvalue weighted by atomic mass is 10.1. The third kappa shape index (κ3) is 4.57. The van der Waals surface area contributed by atoms with E-state index in [9.17, 15) is 0 Å². The van der Waals surface area contributed by atoms with Crippen LogP contribution in [0.3, 0.4) is 0 Å². The summed E-state index contributed by atoms with van der Waals surface area (Å²) in [4.78, 5) is 2.15. The minimum atomic E-state index is 0.242. The zero-order chi connectivity index (χ0) is 14.3. The first kappa shape index (κ1) is 15.5. The molecule has 1 N–H and O–H groups in total. The number of anilines is 1. The Hall–Kier alpha value is -1.53. The van der Waals surface area contributed by atoms with E-state index in [-0.39, 0.29) is 6.04 Å². The molecule has 0 radical (unpaired) electrons. The second-order valence-corrected chi connectivity index (χ2v) is 5.09. The van der Waals surface area contributed by atoms with Gasteiger partial charge in [-0.2, -0.15) is 5.26 Å². The third-order valence-corrected chi connectivity index (χ3v) is 3.55. The Morgan fingerprint density at radius 1 is 1.26 bits per heavy atom. The van der Waals surface area contributed by atoms with Crippen LogP contribution in [0.2, 0.25) is 0 Å². The summed E-state index contributed by atoms with van der Waals surface area (Å²) in [5, 5.41) is 12.2. The number of hydrogen-bond acceptors (Lipinski definition) is 3. The molecule has 1 rings (SSSR count). The van der Waals surface area contributed by atoms with Gasteiger partial charge >= 0.3 is 0 Å². The predicted molar refractivity (Wildman–Crippen MR) is 81.2 cm³/mol. The van der Waals surface area contributed by atoms with Gasteiger partial charge in [0.25, 0.3) is 0 Å². The number of benzene rings is 1. The van der Waals surface area contributed by atoms with E-state index in [0.29, 0.717) is 12.5 Å². The average molecular weight is 259 g/mol. The van der Waals surface area contributed by atoms with Gasteiger partial charge in [0.05, 0.1) is 12.5 Å². The lowest BCUT2D eigenvalue weighted by Crippen LogP contribution is -2.28. The number of hydrogen-bond donors (Lipinski definition) is 1. The van der Waals surface area contributed by atoms with Crippen molar-refractivity contribution < 1.29 is 0 Å². The van der Waals surface area contributed by atoms with Gasteiger partial charge < -0.3 is 10.2 Å². The first-order valence-corrected chi connectivity index (χ1v) is 7.03. The molecule has 3 heteroatoms. The fourth-order valence-corrected chi connectivity index (χ4v) is 2.00. The number of nitriles is 1. The number of nitrogens with zero attached hydrogens (tertiary/aromatic N) is 2. The molecule has 0 amide bonds. The lowest BCUT2D eigenvalue weighted by Gasteiger charge is -2.25. The van der Waals surface area contributed by atoms with Gasteiger partial charge in [0.2, 0.25) is 0 Å². The molecule has 0 saturated carbocycles. The molecule has 3 nitrogen and oxygen atoms in total. The van der Waals surface area contributed by atoms with E-state index in [2.05, 4.69) is 61.3 Å². The van der Waals surface area contributed by atoms with Crippen molar-refractivity contribution in [2.45, 2.75) is 45.7 Å². The highest BCUT2D eigenvalue weighted by molar-refractivity contribution is 5.48. The predicted octanol–water partition coefficient (Wildman–Crippen LogP) is 3.49. The molecule has 0 aliphatic carbocycles. The van der Waals surface area contributed by atoms with Crippen LogP contribution in [0, 0.1) is 11.3 Å². The summed E-state index contributed by atoms with van der Waals surface area (Å²) in [6, 6.07) is 11.4. The van der Waals surface area contributed by atoms with Crippen LogP contribution in [0.4, 0.5) is 5.69 Å². The summed E-state index contributed by atoms with van der Waals surface area (Å²) in [5.41, 5.74) is 2.47. The molecule has 0 fully saturated rings. The minimum absolute atomic E-state index is 0.242. The van der Waals surface area contributed by atoms with E-state index in [1.165, 1.54) is 5.56 Å². The van der Waals surface area contributed by atoms with Crippen molar-refractivity contribution >= 4 is 5.69 Å². The van der Waals surface area contributed by atoms with Crippen molar-refractivity contribution in [3.63, 3.8) is 0 Å². The normalized spacial score (nSPS) is 13.6. The average Bonchev–Trinajstić information content (AvgIpc) is 2.44. The van der Waals surface area contributed by atoms with E-state index in [0.717, 1.165) is 18.7 Å². The van der Waals surface area contributed by atoms with E-state index >= 15 is 0 Å². The van der Waals surface area contributed by atoms with Gasteiger partial charge in [0.1, 0.15) is 0 Å². The van der Waals surface area contributed by atoms with Crippen molar-refractivity contribution in [2.75, 3.05) is 18.5 Å². The molecule has 0 aliphatic heterocycles. The van der Waals surface area contributed by atoms with Gasteiger partial charge in [-0.05, 0) is 44.5 Å². The van der Waals surface area contributed by atoms with E-state index in [1.807, 2.05) is 7.05 Å². The summed E-state index contributed by atoms with van der Waals surface area (Å²) < 4.78 is 0. The van der Waals surface area contributed by atoms with Crippen LogP contribution in [0.25, 0.3) is 0 Å². The molecule has 0 aliphatic rings. The van der Waals surface area contributed by atoms with Crippen molar-refractivity contribution in [3.8, 4) is 6.07 Å². The molecule has 0 bridgehead atoms. The van der Waals surface area contributed by atoms with Gasteiger partial charge in [0, 0.05) is 24.8 Å². The van der Waals surface area contributed by atoms with Crippen LogP contribution in [0.15, 0.2) is 24.3 Å². The summed E-state index contributed by atoms with van der Waals surface area (Å²) in [6.45, 7) is 7.48. The zero-order valence-corrected chi connectivity index (χ0v) is 12.5. The fraction of sp³-hybridized carbons (Fsp3) is 0.562. The highest BCUT2D eigenvalue weighted by Crippen LogP contribution is 2.20. The zero-order valence-electron chi connectivity index (χ0n) is 12.5. The summed E-state index contributed by atoms with van der Waals surface area (Å²) in [6.07, 6.45) is 1.70. The summed E-state index contributed by atoms with van der Waals surface area (Å²) in [7, 11) is 2.04. The summed E-state index contributed by atoms with van der Waals surface area (Å²) >= 11 is 0. The Morgan fingerprint density at radius 3 is 2.42 bits per heavy atom. The fourth-order valence-electron chi connectivity index (χ4n) is 2.00. The molecule has 0 spiro atoms. The quantitative estimate of drug-likeness (QED) is 0.814. The van der Waals surface area contributed by atoms with Gasteiger partial charge in [-0.1, -0.05) is 19.1 Å². The standard InChI is InChI=1S/C16H25N3/c1-5-12-18-14(3)15-6-8-16(9-7-15)19(4)13(2)10-11-17/h6-9,13-14,18H,5,10,12H2,1-4H3. The molecule has 104 valence electrons. The topological polar surface area (TPSA) is 39.1 Å². The van der Waals surface area contributed by atoms with Crippen molar-refractivity contribution in [1.29, 1.82) is 5.26 Å². The minimum Gasteiger partial charge on any atom is -0.371 e. The van der Waals surface area contributed by atoms with Gasteiger partial charge in [0.15, 0.2) is 0 Å². The largest absolute Gasteiger partial charge is 0.371 e. The third-order valence-electron chi connectivity index (χ3n) is 3.55. The molecule has 19 heavy (non-hydrogen) atoms. The Kier molecular flexibility index (Phi) is 6.38. The lowest BCUT2D eigenvalue weighted by molar-refractivity contribution is 0.570. The molecule has 0 heterocycles. The maximum Gasteiger partial charge on any atom is 0.0643 e. The molecule has 2 atom stereocenters. The molecule has 0 aromatic heterocycles. The number of nitrogens with one attached hydrogen (secondary N) is 1. The van der Waals surface area contributed by atoms with Crippen LogP contribution in [0.1, 0.15) is 45.2 Å². The SMILES string of the molecule is CCCNC(C)c1ccc(N(C)C(C)CC#N)cc1. The Balaban J connectivity index is 2.68. The molecule has 2 unspecified atom stereocenters.